The Morgan fingerprint density at radius 1 is 1.00 bits per heavy atom. The van der Waals surface area contributed by atoms with Crippen LogP contribution in [-0.4, -0.2) is 38.4 Å². The summed E-state index contributed by atoms with van der Waals surface area (Å²) in [7, 11) is 4.62. The quantitative estimate of drug-likeness (QED) is 0.388. The summed E-state index contributed by atoms with van der Waals surface area (Å²) in [5.74, 6) is 1.30. The van der Waals surface area contributed by atoms with E-state index in [0.717, 1.165) is 10.9 Å². The van der Waals surface area contributed by atoms with Crippen LogP contribution in [0.3, 0.4) is 0 Å². The summed E-state index contributed by atoms with van der Waals surface area (Å²) in [6.07, 6.45) is 1.43. The van der Waals surface area contributed by atoms with Gasteiger partial charge in [0.1, 0.15) is 22.4 Å². The minimum Gasteiger partial charge on any atom is -0.497 e. The van der Waals surface area contributed by atoms with Gasteiger partial charge in [0.25, 0.3) is 5.91 Å². The lowest BCUT2D eigenvalue weighted by Crippen LogP contribution is -2.17. The highest BCUT2D eigenvalue weighted by Gasteiger charge is 2.09. The Bertz CT molecular complexity index is 1030. The molecule has 3 rings (SSSR count). The normalized spacial score (nSPS) is 10.9. The van der Waals surface area contributed by atoms with Crippen LogP contribution in [0.4, 0.5) is 0 Å². The molecule has 1 amide bonds. The first kappa shape index (κ1) is 19.4. The van der Waals surface area contributed by atoms with E-state index in [-0.39, 0.29) is 5.15 Å². The first-order valence-electron chi connectivity index (χ1n) is 8.25. The van der Waals surface area contributed by atoms with Crippen LogP contribution in [-0.2, 0) is 0 Å². The highest BCUT2D eigenvalue weighted by molar-refractivity contribution is 6.32. The third kappa shape index (κ3) is 4.32. The minimum absolute atomic E-state index is 0.277. The molecule has 0 atom stereocenters. The van der Waals surface area contributed by atoms with Crippen molar-refractivity contribution in [3.8, 4) is 17.2 Å². The minimum atomic E-state index is -0.417. The van der Waals surface area contributed by atoms with Crippen molar-refractivity contribution >= 4 is 34.6 Å². The Balaban J connectivity index is 1.80. The van der Waals surface area contributed by atoms with E-state index in [0.29, 0.717) is 28.4 Å². The number of carbonyl (C=O) groups excluding carboxylic acids is 1. The zero-order chi connectivity index (χ0) is 20.1. The molecule has 0 spiro atoms. The fourth-order valence-electron chi connectivity index (χ4n) is 2.53. The van der Waals surface area contributed by atoms with E-state index in [2.05, 4.69) is 15.5 Å². The summed E-state index contributed by atoms with van der Waals surface area (Å²) in [4.78, 5) is 16.7. The largest absolute Gasteiger partial charge is 0.497 e. The van der Waals surface area contributed by atoms with E-state index in [9.17, 15) is 4.79 Å². The standard InChI is InChI=1S/C20H18ClN3O4/c1-26-15-4-5-18-12(7-15)6-14(19(21)23-18)11-22-24-20(25)13-8-16(27-2)10-17(9-13)28-3/h4-11H,1-3H3,(H,24,25)/b22-11-. The number of ether oxygens (including phenoxy) is 3. The van der Waals surface area contributed by atoms with Gasteiger partial charge in [-0.2, -0.15) is 5.10 Å². The lowest BCUT2D eigenvalue weighted by atomic mass is 10.1. The molecule has 1 heterocycles. The number of hydrogen-bond donors (Lipinski definition) is 1. The Morgan fingerprint density at radius 3 is 2.32 bits per heavy atom. The summed E-state index contributed by atoms with van der Waals surface area (Å²) in [6.45, 7) is 0. The van der Waals surface area contributed by atoms with Gasteiger partial charge in [-0.25, -0.2) is 10.4 Å². The van der Waals surface area contributed by atoms with Gasteiger partial charge in [0, 0.05) is 22.6 Å². The van der Waals surface area contributed by atoms with Crippen molar-refractivity contribution in [1.29, 1.82) is 0 Å². The lowest BCUT2D eigenvalue weighted by molar-refractivity contribution is 0.0954. The fourth-order valence-corrected chi connectivity index (χ4v) is 2.72. The van der Waals surface area contributed by atoms with Gasteiger partial charge in [-0.05, 0) is 36.4 Å². The molecule has 0 aliphatic heterocycles. The number of methoxy groups -OCH3 is 3. The second-order valence-corrected chi connectivity index (χ2v) is 6.09. The molecule has 7 nitrogen and oxygen atoms in total. The van der Waals surface area contributed by atoms with Crippen LogP contribution in [0.1, 0.15) is 15.9 Å². The van der Waals surface area contributed by atoms with Crippen LogP contribution in [0.15, 0.2) is 47.6 Å². The van der Waals surface area contributed by atoms with E-state index in [1.54, 1.807) is 25.3 Å². The molecule has 0 bridgehead atoms. The van der Waals surface area contributed by atoms with E-state index in [1.165, 1.54) is 20.4 Å². The maximum absolute atomic E-state index is 12.4. The van der Waals surface area contributed by atoms with Gasteiger partial charge in [-0.3, -0.25) is 4.79 Å². The van der Waals surface area contributed by atoms with Gasteiger partial charge in [0.05, 0.1) is 33.1 Å². The molecule has 1 aromatic heterocycles. The topological polar surface area (TPSA) is 82.0 Å². The average Bonchev–Trinajstić information content (AvgIpc) is 2.73. The number of hydrogen-bond acceptors (Lipinski definition) is 6. The first-order chi connectivity index (χ1) is 13.5. The Kier molecular flexibility index (Phi) is 5.96. The molecule has 2 aromatic carbocycles. The summed E-state index contributed by atoms with van der Waals surface area (Å²) in [5, 5.41) is 5.10. The maximum atomic E-state index is 12.4. The zero-order valence-corrected chi connectivity index (χ0v) is 16.3. The van der Waals surface area contributed by atoms with Gasteiger partial charge in [-0.15, -0.1) is 0 Å². The number of nitrogens with one attached hydrogen (secondary N) is 1. The van der Waals surface area contributed by atoms with Crippen molar-refractivity contribution in [1.82, 2.24) is 10.4 Å². The molecule has 0 radical (unpaired) electrons. The number of benzene rings is 2. The van der Waals surface area contributed by atoms with Crippen molar-refractivity contribution in [2.75, 3.05) is 21.3 Å². The van der Waals surface area contributed by atoms with E-state index < -0.39 is 5.91 Å². The fraction of sp³-hybridized carbons (Fsp3) is 0.150. The molecule has 28 heavy (non-hydrogen) atoms. The highest BCUT2D eigenvalue weighted by atomic mass is 35.5. The summed E-state index contributed by atoms with van der Waals surface area (Å²) in [6, 6.07) is 12.1. The molecule has 0 aliphatic rings. The van der Waals surface area contributed by atoms with Crippen molar-refractivity contribution in [2.45, 2.75) is 0 Å². The van der Waals surface area contributed by atoms with Gasteiger partial charge in [-0.1, -0.05) is 11.6 Å². The summed E-state index contributed by atoms with van der Waals surface area (Å²) >= 11 is 6.21. The molecule has 0 unspecified atom stereocenters. The number of fused-ring (bicyclic) bond motifs is 1. The van der Waals surface area contributed by atoms with Crippen LogP contribution in [0.5, 0.6) is 17.2 Å². The van der Waals surface area contributed by atoms with Crippen LogP contribution in [0.25, 0.3) is 10.9 Å². The van der Waals surface area contributed by atoms with Crippen LogP contribution < -0.4 is 19.6 Å². The Hall–Kier alpha value is -3.32. The molecular formula is C20H18ClN3O4. The third-order valence-electron chi connectivity index (χ3n) is 3.99. The molecule has 0 saturated carbocycles. The molecule has 8 heteroatoms. The summed E-state index contributed by atoms with van der Waals surface area (Å²) in [5.41, 5.74) is 4.10. The van der Waals surface area contributed by atoms with Crippen molar-refractivity contribution in [2.24, 2.45) is 5.10 Å². The zero-order valence-electron chi connectivity index (χ0n) is 15.5. The molecule has 3 aromatic rings. The Labute approximate surface area is 166 Å². The van der Waals surface area contributed by atoms with Gasteiger partial charge in [0.2, 0.25) is 0 Å². The number of rotatable bonds is 6. The third-order valence-corrected chi connectivity index (χ3v) is 4.29. The molecule has 0 aliphatic carbocycles. The van der Waals surface area contributed by atoms with Gasteiger partial charge < -0.3 is 14.2 Å². The predicted octanol–water partition coefficient (Wildman–Crippen LogP) is 3.68. The number of nitrogens with zero attached hydrogens (tertiary/aromatic N) is 2. The number of amides is 1. The van der Waals surface area contributed by atoms with Crippen LogP contribution in [0.2, 0.25) is 5.15 Å². The Morgan fingerprint density at radius 2 is 1.68 bits per heavy atom. The summed E-state index contributed by atoms with van der Waals surface area (Å²) < 4.78 is 15.5. The molecular weight excluding hydrogens is 382 g/mol. The number of hydrazone groups is 1. The second kappa shape index (κ2) is 8.58. The average molecular weight is 400 g/mol. The SMILES string of the molecule is COc1cc(OC)cc(C(=O)N/N=C\c2cc3cc(OC)ccc3nc2Cl)c1. The number of halogens is 1. The van der Waals surface area contributed by atoms with Crippen molar-refractivity contribution in [3.63, 3.8) is 0 Å². The molecule has 144 valence electrons. The van der Waals surface area contributed by atoms with E-state index in [4.69, 9.17) is 25.8 Å². The molecule has 1 N–H and O–H groups in total. The predicted molar refractivity (Wildman–Crippen MR) is 108 cm³/mol. The highest BCUT2D eigenvalue weighted by Crippen LogP contribution is 2.24. The van der Waals surface area contributed by atoms with Crippen LogP contribution >= 0.6 is 11.6 Å². The van der Waals surface area contributed by atoms with Crippen LogP contribution in [0, 0.1) is 0 Å². The number of carbonyl (C=O) groups is 1. The monoisotopic (exact) mass is 399 g/mol. The van der Waals surface area contributed by atoms with Gasteiger partial charge >= 0.3 is 0 Å². The number of aromatic nitrogens is 1. The van der Waals surface area contributed by atoms with Crippen molar-refractivity contribution in [3.05, 3.63) is 58.7 Å². The molecule has 0 fully saturated rings. The first-order valence-corrected chi connectivity index (χ1v) is 8.62. The van der Waals surface area contributed by atoms with E-state index >= 15 is 0 Å². The van der Waals surface area contributed by atoms with Crippen molar-refractivity contribution < 1.29 is 19.0 Å². The van der Waals surface area contributed by atoms with Gasteiger partial charge in [0.15, 0.2) is 0 Å². The second-order valence-electron chi connectivity index (χ2n) is 5.73. The maximum Gasteiger partial charge on any atom is 0.271 e. The number of pyridine rings is 1. The lowest BCUT2D eigenvalue weighted by Gasteiger charge is -2.07. The molecule has 0 saturated heterocycles. The smallest absolute Gasteiger partial charge is 0.271 e. The van der Waals surface area contributed by atoms with E-state index in [1.807, 2.05) is 24.3 Å².